The van der Waals surface area contributed by atoms with Crippen molar-refractivity contribution in [2.45, 2.75) is 93.3 Å². The Hall–Kier alpha value is -3.52. The second kappa shape index (κ2) is 14.0. The van der Waals surface area contributed by atoms with E-state index in [1.54, 1.807) is 11.0 Å². The molecule has 3 N–H and O–H groups in total. The highest BCUT2D eigenvalue weighted by atomic mass is 35.5. The molecule has 2 aliphatic heterocycles. The summed E-state index contributed by atoms with van der Waals surface area (Å²) in [7, 11) is -3.83. The number of rotatable bonds is 8. The molecule has 3 fully saturated rings. The molecule has 1 aromatic heterocycles. The van der Waals surface area contributed by atoms with Crippen molar-refractivity contribution in [2.75, 3.05) is 6.54 Å². The zero-order valence-electron chi connectivity index (χ0n) is 27.0. The van der Waals surface area contributed by atoms with Gasteiger partial charge in [-0.25, -0.2) is 13.4 Å². The van der Waals surface area contributed by atoms with Crippen LogP contribution in [0.1, 0.15) is 63.4 Å². The van der Waals surface area contributed by atoms with Gasteiger partial charge in [0.15, 0.2) is 0 Å². The second-order valence-corrected chi connectivity index (χ2v) is 16.9. The highest BCUT2D eigenvalue weighted by Crippen LogP contribution is 2.46. The van der Waals surface area contributed by atoms with E-state index in [0.29, 0.717) is 36.0 Å². The lowest BCUT2D eigenvalue weighted by Crippen LogP contribution is -2.58. The molecule has 0 radical (unpaired) electrons. The molecule has 3 aromatic rings. The van der Waals surface area contributed by atoms with Gasteiger partial charge in [0.1, 0.15) is 17.7 Å². The van der Waals surface area contributed by atoms with Crippen molar-refractivity contribution in [1.29, 1.82) is 0 Å². The van der Waals surface area contributed by atoms with E-state index in [2.05, 4.69) is 20.3 Å². The third kappa shape index (κ3) is 7.64. The van der Waals surface area contributed by atoms with Crippen molar-refractivity contribution in [1.82, 2.24) is 25.2 Å². The molecular weight excluding hydrogens is 686 g/mol. The molecule has 11 nitrogen and oxygen atoms in total. The van der Waals surface area contributed by atoms with Crippen LogP contribution in [0.5, 0.6) is 5.19 Å². The number of carbonyl (C=O) groups is 3. The van der Waals surface area contributed by atoms with Crippen molar-refractivity contribution >= 4 is 60.9 Å². The first-order chi connectivity index (χ1) is 23.6. The van der Waals surface area contributed by atoms with Crippen LogP contribution < -0.4 is 20.1 Å². The largest absolute Gasteiger partial charge is 0.465 e. The maximum atomic E-state index is 14.4. The molecule has 3 amide bonds. The van der Waals surface area contributed by atoms with Gasteiger partial charge in [-0.1, -0.05) is 78.3 Å². The van der Waals surface area contributed by atoms with Gasteiger partial charge < -0.3 is 20.3 Å². The summed E-state index contributed by atoms with van der Waals surface area (Å²) in [5.41, 5.74) is 0.358. The number of allylic oxidation sites excluding steroid dienone is 1. The Morgan fingerprint density at radius 3 is 2.71 bits per heavy atom. The summed E-state index contributed by atoms with van der Waals surface area (Å²) < 4.78 is 34.9. The SMILES string of the molecule is O=C1N[C@]2(C(=O)NS(=O)(=O)C3CC3)C[C@@H]2/C=C\CCCCC[C@H](NCc2ccccc2)C(=O)N2C[C@H](Oc3nc4ccc(Cl)cc4s3)C[C@@H]12. The molecule has 4 aliphatic rings. The van der Waals surface area contributed by atoms with Crippen LogP contribution in [0.25, 0.3) is 10.2 Å². The standard InChI is InChI=1S/C35H40ClN5O6S2/c36-24-13-16-27-30(17-24)48-34(38-27)47-25-18-29-31(42)39-35(33(44)40-49(45,46)26-14-15-26)19-23(35)11-7-2-1-3-8-12-28(32(43)41(29)21-25)37-20-22-9-5-4-6-10-22/h4-7,9-11,13,16-17,23,25-26,28-29,37H,1-3,8,12,14-15,18-21H2,(H,39,42)(H,40,44)/b11-7-/t23-,25+,28-,29-,35+/m0/s1. The van der Waals surface area contributed by atoms with Gasteiger partial charge in [0.05, 0.1) is 28.1 Å². The Kier molecular flexibility index (Phi) is 9.71. The van der Waals surface area contributed by atoms with E-state index in [4.69, 9.17) is 16.3 Å². The topological polar surface area (TPSA) is 147 Å². The number of aromatic nitrogens is 1. The van der Waals surface area contributed by atoms with Gasteiger partial charge in [0.25, 0.3) is 11.1 Å². The summed E-state index contributed by atoms with van der Waals surface area (Å²) in [5, 5.41) is 6.79. The van der Waals surface area contributed by atoms with Crippen LogP contribution in [0.4, 0.5) is 0 Å². The normalized spacial score (nSPS) is 28.5. The van der Waals surface area contributed by atoms with E-state index < -0.39 is 50.8 Å². The molecule has 0 unspecified atom stereocenters. The minimum atomic E-state index is -3.83. The number of sulfonamides is 1. The summed E-state index contributed by atoms with van der Waals surface area (Å²) in [6.45, 7) is 0.634. The summed E-state index contributed by atoms with van der Waals surface area (Å²) in [6, 6.07) is 13.7. The number of ether oxygens (including phenoxy) is 1. The molecule has 49 heavy (non-hydrogen) atoms. The Bertz CT molecular complexity index is 1870. The smallest absolute Gasteiger partial charge is 0.274 e. The predicted molar refractivity (Wildman–Crippen MR) is 188 cm³/mol. The molecule has 2 saturated carbocycles. The lowest BCUT2D eigenvalue weighted by atomic mass is 10.0. The van der Waals surface area contributed by atoms with E-state index in [1.165, 1.54) is 11.3 Å². The lowest BCUT2D eigenvalue weighted by molar-refractivity contribution is -0.141. The van der Waals surface area contributed by atoms with Gasteiger partial charge in [0, 0.05) is 23.9 Å². The van der Waals surface area contributed by atoms with Crippen molar-refractivity contribution in [2.24, 2.45) is 5.92 Å². The zero-order chi connectivity index (χ0) is 34.2. The fourth-order valence-corrected chi connectivity index (χ4v) is 9.33. The molecule has 2 aromatic carbocycles. The maximum Gasteiger partial charge on any atom is 0.274 e. The van der Waals surface area contributed by atoms with E-state index >= 15 is 0 Å². The van der Waals surface area contributed by atoms with Gasteiger partial charge in [-0.3, -0.25) is 19.1 Å². The van der Waals surface area contributed by atoms with E-state index in [0.717, 1.165) is 41.5 Å². The van der Waals surface area contributed by atoms with Crippen LogP contribution >= 0.6 is 22.9 Å². The van der Waals surface area contributed by atoms with Crippen LogP contribution in [0.2, 0.25) is 5.02 Å². The Morgan fingerprint density at radius 2 is 1.92 bits per heavy atom. The zero-order valence-corrected chi connectivity index (χ0v) is 29.4. The number of benzene rings is 2. The van der Waals surface area contributed by atoms with Crippen molar-refractivity contribution in [3.05, 3.63) is 71.3 Å². The van der Waals surface area contributed by atoms with Crippen molar-refractivity contribution < 1.29 is 27.5 Å². The fourth-order valence-electron chi connectivity index (χ4n) is 6.81. The molecular formula is C35H40ClN5O6S2. The molecule has 14 heteroatoms. The van der Waals surface area contributed by atoms with Crippen LogP contribution in [0, 0.1) is 5.92 Å². The summed E-state index contributed by atoms with van der Waals surface area (Å²) in [6.07, 6.45) is 8.85. The van der Waals surface area contributed by atoms with Crippen LogP contribution in [0.3, 0.4) is 0 Å². The van der Waals surface area contributed by atoms with Gasteiger partial charge in [-0.15, -0.1) is 0 Å². The number of hydrogen-bond acceptors (Lipinski definition) is 9. The molecule has 0 spiro atoms. The lowest BCUT2D eigenvalue weighted by Gasteiger charge is -2.30. The Labute approximate surface area is 294 Å². The highest BCUT2D eigenvalue weighted by Gasteiger charge is 2.62. The number of nitrogens with zero attached hydrogens (tertiary/aromatic N) is 2. The minimum Gasteiger partial charge on any atom is -0.465 e. The highest BCUT2D eigenvalue weighted by molar-refractivity contribution is 7.91. The quantitative estimate of drug-likeness (QED) is 0.289. The average molecular weight is 726 g/mol. The van der Waals surface area contributed by atoms with Gasteiger partial charge >= 0.3 is 0 Å². The Morgan fingerprint density at radius 1 is 1.10 bits per heavy atom. The Balaban J connectivity index is 1.16. The first-order valence-electron chi connectivity index (χ1n) is 17.0. The van der Waals surface area contributed by atoms with Crippen LogP contribution in [-0.4, -0.2) is 71.5 Å². The number of carbonyl (C=O) groups excluding carboxylic acids is 3. The number of nitrogens with one attached hydrogen (secondary N) is 3. The number of fused-ring (bicyclic) bond motifs is 3. The summed E-state index contributed by atoms with van der Waals surface area (Å²) in [5.74, 6) is -1.81. The maximum absolute atomic E-state index is 14.4. The van der Waals surface area contributed by atoms with E-state index in [9.17, 15) is 22.8 Å². The molecule has 5 atom stereocenters. The molecule has 2 aliphatic carbocycles. The third-order valence-electron chi connectivity index (χ3n) is 9.84. The second-order valence-electron chi connectivity index (χ2n) is 13.5. The number of halogens is 1. The average Bonchev–Trinajstić information content (AvgIpc) is 3.97. The molecule has 7 rings (SSSR count). The van der Waals surface area contributed by atoms with Gasteiger partial charge in [-0.2, -0.15) is 0 Å². The molecule has 3 heterocycles. The minimum absolute atomic E-state index is 0.149. The van der Waals surface area contributed by atoms with Gasteiger partial charge in [-0.05, 0) is 62.3 Å². The monoisotopic (exact) mass is 725 g/mol. The number of thiazole rings is 1. The van der Waals surface area contributed by atoms with Crippen molar-refractivity contribution in [3.63, 3.8) is 0 Å². The third-order valence-corrected chi connectivity index (χ3v) is 12.8. The molecule has 0 bridgehead atoms. The first-order valence-corrected chi connectivity index (χ1v) is 19.7. The first kappa shape index (κ1) is 34.0. The van der Waals surface area contributed by atoms with Crippen LogP contribution in [-0.2, 0) is 31.0 Å². The van der Waals surface area contributed by atoms with E-state index in [-0.39, 0.29) is 31.2 Å². The van der Waals surface area contributed by atoms with Gasteiger partial charge in [0.2, 0.25) is 21.8 Å². The van der Waals surface area contributed by atoms with E-state index in [1.807, 2.05) is 54.6 Å². The molecule has 260 valence electrons. The summed E-state index contributed by atoms with van der Waals surface area (Å²) in [4.78, 5) is 48.4. The van der Waals surface area contributed by atoms with Crippen LogP contribution in [0.15, 0.2) is 60.7 Å². The predicted octanol–water partition coefficient (Wildman–Crippen LogP) is 4.46. The molecule has 1 saturated heterocycles. The number of hydrogen-bond donors (Lipinski definition) is 3. The fraction of sp³-hybridized carbons (Fsp3) is 0.486. The van der Waals surface area contributed by atoms with Crippen molar-refractivity contribution in [3.8, 4) is 5.19 Å². The number of amides is 3. The summed E-state index contributed by atoms with van der Waals surface area (Å²) >= 11 is 7.52.